The fraction of sp³-hybridized carbons (Fsp3) is 0.357. The van der Waals surface area contributed by atoms with Crippen molar-refractivity contribution in [3.05, 3.63) is 30.2 Å². The molecule has 0 fully saturated rings. The number of carbonyl (C=O) groups is 1. The van der Waals surface area contributed by atoms with Crippen LogP contribution < -0.4 is 14.8 Å². The van der Waals surface area contributed by atoms with Gasteiger partial charge in [0.05, 0.1) is 12.3 Å². The third-order valence-corrected chi connectivity index (χ3v) is 3.75. The van der Waals surface area contributed by atoms with Crippen LogP contribution in [0.25, 0.3) is 0 Å². The summed E-state index contributed by atoms with van der Waals surface area (Å²) in [4.78, 5) is 11.8. The third-order valence-electron chi connectivity index (χ3n) is 2.93. The predicted octanol–water partition coefficient (Wildman–Crippen LogP) is 1.43. The average Bonchev–Trinajstić information content (AvgIpc) is 2.96. The van der Waals surface area contributed by atoms with Gasteiger partial charge in [0.25, 0.3) is 5.22 Å². The standard InChI is InChI=1S/C14H15N3O4S/c1-9-16-17-14(20-9)22-8-13(18)15-6-10-7-19-11-4-2-3-5-12(11)21-10/h2-5,10H,6-8H2,1H3,(H,15,18). The van der Waals surface area contributed by atoms with Gasteiger partial charge in [0.15, 0.2) is 11.5 Å². The summed E-state index contributed by atoms with van der Waals surface area (Å²) in [7, 11) is 0. The minimum Gasteiger partial charge on any atom is -0.486 e. The summed E-state index contributed by atoms with van der Waals surface area (Å²) >= 11 is 1.20. The van der Waals surface area contributed by atoms with E-state index < -0.39 is 0 Å². The topological polar surface area (TPSA) is 86.5 Å². The van der Waals surface area contributed by atoms with Gasteiger partial charge in [-0.15, -0.1) is 10.2 Å². The number of thioether (sulfide) groups is 1. The first-order valence-corrected chi connectivity index (χ1v) is 7.77. The number of carbonyl (C=O) groups excluding carboxylic acids is 1. The zero-order chi connectivity index (χ0) is 15.4. The van der Waals surface area contributed by atoms with Crippen LogP contribution in [-0.4, -0.2) is 41.1 Å². The first kappa shape index (κ1) is 14.7. The van der Waals surface area contributed by atoms with Crippen molar-refractivity contribution in [1.29, 1.82) is 0 Å². The number of nitrogens with zero attached hydrogens (tertiary/aromatic N) is 2. The number of fused-ring (bicyclic) bond motifs is 1. The molecule has 1 aliphatic rings. The molecule has 1 aliphatic heterocycles. The summed E-state index contributed by atoms with van der Waals surface area (Å²) in [5, 5.41) is 10.7. The lowest BCUT2D eigenvalue weighted by Crippen LogP contribution is -2.41. The van der Waals surface area contributed by atoms with Crippen molar-refractivity contribution >= 4 is 17.7 Å². The van der Waals surface area contributed by atoms with Gasteiger partial charge in [0.1, 0.15) is 12.7 Å². The Balaban J connectivity index is 1.42. The first-order chi connectivity index (χ1) is 10.7. The molecular weight excluding hydrogens is 306 g/mol. The normalized spacial score (nSPS) is 16.3. The summed E-state index contributed by atoms with van der Waals surface area (Å²) in [6.45, 7) is 2.50. The van der Waals surface area contributed by atoms with Gasteiger partial charge in [-0.3, -0.25) is 4.79 Å². The van der Waals surface area contributed by atoms with E-state index in [1.54, 1.807) is 6.92 Å². The van der Waals surface area contributed by atoms with Crippen LogP contribution in [0.3, 0.4) is 0 Å². The highest BCUT2D eigenvalue weighted by molar-refractivity contribution is 7.99. The van der Waals surface area contributed by atoms with Crippen LogP contribution in [0.5, 0.6) is 11.5 Å². The number of rotatable bonds is 5. The first-order valence-electron chi connectivity index (χ1n) is 6.79. The summed E-state index contributed by atoms with van der Waals surface area (Å²) in [5.74, 6) is 2.00. The molecular formula is C14H15N3O4S. The number of hydrogen-bond acceptors (Lipinski definition) is 7. The van der Waals surface area contributed by atoms with Crippen molar-refractivity contribution < 1.29 is 18.7 Å². The van der Waals surface area contributed by atoms with E-state index in [1.807, 2.05) is 24.3 Å². The van der Waals surface area contributed by atoms with Crippen LogP contribution in [-0.2, 0) is 4.79 Å². The number of benzene rings is 1. The Morgan fingerprint density at radius 3 is 2.95 bits per heavy atom. The van der Waals surface area contributed by atoms with Gasteiger partial charge >= 0.3 is 0 Å². The Hall–Kier alpha value is -2.22. The molecule has 0 spiro atoms. The number of aromatic nitrogens is 2. The van der Waals surface area contributed by atoms with Crippen LogP contribution in [0.2, 0.25) is 0 Å². The van der Waals surface area contributed by atoms with Gasteiger partial charge in [0.2, 0.25) is 11.8 Å². The minimum absolute atomic E-state index is 0.122. The lowest BCUT2D eigenvalue weighted by Gasteiger charge is -2.26. The fourth-order valence-electron chi connectivity index (χ4n) is 1.91. The van der Waals surface area contributed by atoms with Crippen molar-refractivity contribution in [2.45, 2.75) is 18.3 Å². The monoisotopic (exact) mass is 321 g/mol. The maximum absolute atomic E-state index is 11.8. The van der Waals surface area contributed by atoms with E-state index in [1.165, 1.54) is 11.8 Å². The molecule has 1 aromatic heterocycles. The number of amides is 1. The molecule has 0 saturated carbocycles. The molecule has 1 N–H and O–H groups in total. The number of aryl methyl sites for hydroxylation is 1. The molecule has 0 radical (unpaired) electrons. The maximum Gasteiger partial charge on any atom is 0.277 e. The Morgan fingerprint density at radius 2 is 2.18 bits per heavy atom. The second kappa shape index (κ2) is 6.69. The molecule has 3 rings (SSSR count). The van der Waals surface area contributed by atoms with Gasteiger partial charge in [-0.2, -0.15) is 0 Å². The van der Waals surface area contributed by atoms with Crippen molar-refractivity contribution in [2.24, 2.45) is 0 Å². The van der Waals surface area contributed by atoms with E-state index in [9.17, 15) is 4.79 Å². The SMILES string of the molecule is Cc1nnc(SCC(=O)NCC2COc3ccccc3O2)o1. The summed E-state index contributed by atoms with van der Waals surface area (Å²) in [5.41, 5.74) is 0. The number of nitrogens with one attached hydrogen (secondary N) is 1. The molecule has 1 unspecified atom stereocenters. The number of hydrogen-bond donors (Lipinski definition) is 1. The molecule has 1 aromatic carbocycles. The highest BCUT2D eigenvalue weighted by atomic mass is 32.2. The molecule has 0 saturated heterocycles. The van der Waals surface area contributed by atoms with Crippen molar-refractivity contribution in [2.75, 3.05) is 18.9 Å². The molecule has 1 amide bonds. The zero-order valence-corrected chi connectivity index (χ0v) is 12.8. The molecule has 7 nitrogen and oxygen atoms in total. The van der Waals surface area contributed by atoms with E-state index in [-0.39, 0.29) is 17.8 Å². The van der Waals surface area contributed by atoms with Crippen LogP contribution >= 0.6 is 11.8 Å². The molecule has 2 aromatic rings. The lowest BCUT2D eigenvalue weighted by molar-refractivity contribution is -0.119. The predicted molar refractivity (Wildman–Crippen MR) is 79.1 cm³/mol. The van der Waals surface area contributed by atoms with E-state index in [0.29, 0.717) is 30.0 Å². The van der Waals surface area contributed by atoms with Crippen molar-refractivity contribution in [1.82, 2.24) is 15.5 Å². The Bertz CT molecular complexity index is 661. The molecule has 8 heteroatoms. The van der Waals surface area contributed by atoms with Crippen LogP contribution in [0.1, 0.15) is 5.89 Å². The Kier molecular flexibility index (Phi) is 4.47. The van der Waals surface area contributed by atoms with Crippen LogP contribution in [0.15, 0.2) is 33.9 Å². The molecule has 2 heterocycles. The van der Waals surface area contributed by atoms with E-state index >= 15 is 0 Å². The summed E-state index contributed by atoms with van der Waals surface area (Å²) in [6.07, 6.45) is -0.200. The van der Waals surface area contributed by atoms with E-state index in [4.69, 9.17) is 13.9 Å². The molecule has 116 valence electrons. The van der Waals surface area contributed by atoms with E-state index in [0.717, 1.165) is 5.75 Å². The summed E-state index contributed by atoms with van der Waals surface area (Å²) < 4.78 is 16.5. The maximum atomic E-state index is 11.8. The van der Waals surface area contributed by atoms with Gasteiger partial charge in [-0.25, -0.2) is 0 Å². The second-order valence-corrected chi connectivity index (χ2v) is 5.60. The van der Waals surface area contributed by atoms with Crippen LogP contribution in [0, 0.1) is 6.92 Å². The lowest BCUT2D eigenvalue weighted by atomic mass is 10.2. The highest BCUT2D eigenvalue weighted by Crippen LogP contribution is 2.30. The van der Waals surface area contributed by atoms with E-state index in [2.05, 4.69) is 15.5 Å². The summed E-state index contributed by atoms with van der Waals surface area (Å²) in [6, 6.07) is 7.47. The van der Waals surface area contributed by atoms with Gasteiger partial charge in [0, 0.05) is 6.92 Å². The molecule has 0 bridgehead atoms. The Morgan fingerprint density at radius 1 is 1.36 bits per heavy atom. The second-order valence-electron chi connectivity index (χ2n) is 4.68. The van der Waals surface area contributed by atoms with Crippen molar-refractivity contribution in [3.63, 3.8) is 0 Å². The van der Waals surface area contributed by atoms with Gasteiger partial charge < -0.3 is 19.2 Å². The molecule has 0 aliphatic carbocycles. The van der Waals surface area contributed by atoms with Gasteiger partial charge in [-0.05, 0) is 12.1 Å². The number of ether oxygens (including phenoxy) is 2. The van der Waals surface area contributed by atoms with Crippen molar-refractivity contribution in [3.8, 4) is 11.5 Å². The smallest absolute Gasteiger partial charge is 0.277 e. The quantitative estimate of drug-likeness (QED) is 0.834. The minimum atomic E-state index is -0.200. The van der Waals surface area contributed by atoms with Crippen LogP contribution in [0.4, 0.5) is 0 Å². The Labute approximate surface area is 131 Å². The largest absolute Gasteiger partial charge is 0.486 e. The zero-order valence-electron chi connectivity index (χ0n) is 11.9. The molecule has 1 atom stereocenters. The molecule has 22 heavy (non-hydrogen) atoms. The number of para-hydroxylation sites is 2. The fourth-order valence-corrected chi connectivity index (χ4v) is 2.54. The third kappa shape index (κ3) is 3.70. The van der Waals surface area contributed by atoms with Gasteiger partial charge in [-0.1, -0.05) is 23.9 Å². The average molecular weight is 321 g/mol. The highest BCUT2D eigenvalue weighted by Gasteiger charge is 2.21.